The molecule has 3 aromatic rings. The highest BCUT2D eigenvalue weighted by atomic mass is 32.1. The highest BCUT2D eigenvalue weighted by Gasteiger charge is 2.10. The molecule has 0 bridgehead atoms. The van der Waals surface area contributed by atoms with Gasteiger partial charge in [-0.2, -0.15) is 0 Å². The average Bonchev–Trinajstić information content (AvgIpc) is 3.09. The fraction of sp³-hybridized carbons (Fsp3) is 0.105. The number of amides is 2. The highest BCUT2D eigenvalue weighted by molar-refractivity contribution is 7.13. The highest BCUT2D eigenvalue weighted by Crippen LogP contribution is 2.24. The van der Waals surface area contributed by atoms with Crippen molar-refractivity contribution in [2.75, 3.05) is 0 Å². The van der Waals surface area contributed by atoms with Crippen molar-refractivity contribution in [3.63, 3.8) is 0 Å². The number of hydrogen-bond acceptors (Lipinski definition) is 4. The van der Waals surface area contributed by atoms with Gasteiger partial charge in [0, 0.05) is 23.1 Å². The zero-order chi connectivity index (χ0) is 18.5. The van der Waals surface area contributed by atoms with Gasteiger partial charge in [-0.15, -0.1) is 11.3 Å². The first-order chi connectivity index (χ1) is 12.5. The van der Waals surface area contributed by atoms with Crippen LogP contribution in [0, 0.1) is 5.82 Å². The van der Waals surface area contributed by atoms with Crippen LogP contribution in [0.3, 0.4) is 0 Å². The van der Waals surface area contributed by atoms with Gasteiger partial charge in [0.15, 0.2) is 0 Å². The van der Waals surface area contributed by atoms with E-state index in [1.54, 1.807) is 41.8 Å². The molecular formula is C19H16FN3O2S. The van der Waals surface area contributed by atoms with Crippen molar-refractivity contribution in [2.45, 2.75) is 13.0 Å². The van der Waals surface area contributed by atoms with E-state index in [2.05, 4.69) is 10.3 Å². The Balaban J connectivity index is 1.59. The molecule has 3 rings (SSSR count). The second kappa shape index (κ2) is 7.88. The van der Waals surface area contributed by atoms with Crippen molar-refractivity contribution >= 4 is 23.2 Å². The molecule has 0 saturated heterocycles. The van der Waals surface area contributed by atoms with Gasteiger partial charge in [-0.25, -0.2) is 9.37 Å². The first-order valence-electron chi connectivity index (χ1n) is 7.87. The Kier molecular flexibility index (Phi) is 5.38. The number of hydrogen-bond donors (Lipinski definition) is 2. The lowest BCUT2D eigenvalue weighted by Gasteiger charge is -2.05. The molecule has 0 aliphatic carbocycles. The van der Waals surface area contributed by atoms with E-state index < -0.39 is 5.91 Å². The molecule has 0 spiro atoms. The van der Waals surface area contributed by atoms with E-state index in [4.69, 9.17) is 5.73 Å². The number of rotatable bonds is 6. The molecule has 0 aliphatic heterocycles. The number of nitrogens with one attached hydrogen (secondary N) is 1. The van der Waals surface area contributed by atoms with Gasteiger partial charge in [-0.05, 0) is 29.8 Å². The summed E-state index contributed by atoms with van der Waals surface area (Å²) in [5.41, 5.74) is 7.74. The fourth-order valence-electron chi connectivity index (χ4n) is 2.40. The van der Waals surface area contributed by atoms with Gasteiger partial charge in [0.25, 0.3) is 0 Å². The smallest absolute Gasteiger partial charge is 0.248 e. The lowest BCUT2D eigenvalue weighted by Crippen LogP contribution is -2.24. The summed E-state index contributed by atoms with van der Waals surface area (Å²) in [4.78, 5) is 27.7. The van der Waals surface area contributed by atoms with Crippen molar-refractivity contribution in [2.24, 2.45) is 5.73 Å². The topological polar surface area (TPSA) is 85.1 Å². The number of carbonyl (C=O) groups is 2. The number of carbonyl (C=O) groups excluding carboxylic acids is 2. The predicted molar refractivity (Wildman–Crippen MR) is 98.0 cm³/mol. The first-order valence-corrected chi connectivity index (χ1v) is 8.75. The van der Waals surface area contributed by atoms with Crippen molar-refractivity contribution in [1.29, 1.82) is 0 Å². The van der Waals surface area contributed by atoms with Crippen molar-refractivity contribution in [1.82, 2.24) is 10.3 Å². The summed E-state index contributed by atoms with van der Waals surface area (Å²) < 4.78 is 13.3. The maximum Gasteiger partial charge on any atom is 0.248 e. The standard InChI is InChI=1S/C19H16FN3O2S/c20-15-6-2-5-14(8-15)19-23-16(11-26-19)9-17(24)22-10-12-3-1-4-13(7-12)18(21)25/h1-8,11H,9-10H2,(H2,21,25)(H,22,24). The summed E-state index contributed by atoms with van der Waals surface area (Å²) in [7, 11) is 0. The van der Waals surface area contributed by atoms with E-state index in [0.717, 1.165) is 5.56 Å². The van der Waals surface area contributed by atoms with Crippen molar-refractivity contribution < 1.29 is 14.0 Å². The number of benzene rings is 2. The summed E-state index contributed by atoms with van der Waals surface area (Å²) in [6.07, 6.45) is 0.126. The van der Waals surface area contributed by atoms with E-state index in [9.17, 15) is 14.0 Å². The van der Waals surface area contributed by atoms with Gasteiger partial charge in [-0.1, -0.05) is 24.3 Å². The maximum absolute atomic E-state index is 13.3. The number of halogens is 1. The van der Waals surface area contributed by atoms with Crippen LogP contribution in [0.25, 0.3) is 10.6 Å². The van der Waals surface area contributed by atoms with Crippen LogP contribution in [-0.4, -0.2) is 16.8 Å². The number of nitrogens with two attached hydrogens (primary N) is 1. The third-order valence-corrected chi connectivity index (χ3v) is 4.61. The zero-order valence-electron chi connectivity index (χ0n) is 13.7. The normalized spacial score (nSPS) is 10.5. The van der Waals surface area contributed by atoms with Gasteiger partial charge in [0.1, 0.15) is 10.8 Å². The summed E-state index contributed by atoms with van der Waals surface area (Å²) in [6, 6.07) is 13.0. The molecule has 132 valence electrons. The molecule has 0 saturated carbocycles. The van der Waals surface area contributed by atoms with Crippen molar-refractivity contribution in [3.8, 4) is 10.6 Å². The van der Waals surface area contributed by atoms with Crippen molar-refractivity contribution in [3.05, 3.63) is 76.5 Å². The average molecular weight is 369 g/mol. The van der Waals surface area contributed by atoms with E-state index in [1.165, 1.54) is 23.5 Å². The van der Waals surface area contributed by atoms with Gasteiger partial charge in [-0.3, -0.25) is 9.59 Å². The molecule has 0 atom stereocenters. The Hall–Kier alpha value is -3.06. The molecule has 1 aromatic heterocycles. The minimum atomic E-state index is -0.509. The number of primary amides is 1. The number of aromatic nitrogens is 1. The summed E-state index contributed by atoms with van der Waals surface area (Å²) in [6.45, 7) is 0.293. The quantitative estimate of drug-likeness (QED) is 0.701. The molecule has 0 fully saturated rings. The third-order valence-electron chi connectivity index (χ3n) is 3.67. The van der Waals surface area contributed by atoms with Crippen LogP contribution in [0.5, 0.6) is 0 Å². The molecule has 7 heteroatoms. The Morgan fingerprint density at radius 2 is 1.96 bits per heavy atom. The lowest BCUT2D eigenvalue weighted by atomic mass is 10.1. The van der Waals surface area contributed by atoms with Crippen LogP contribution >= 0.6 is 11.3 Å². The third kappa shape index (κ3) is 4.52. The molecular weight excluding hydrogens is 353 g/mol. The Labute approximate surface area is 153 Å². The molecule has 0 unspecified atom stereocenters. The second-order valence-corrected chi connectivity index (χ2v) is 6.53. The van der Waals surface area contributed by atoms with Gasteiger partial charge in [0.05, 0.1) is 12.1 Å². The molecule has 3 N–H and O–H groups in total. The number of thiazole rings is 1. The minimum Gasteiger partial charge on any atom is -0.366 e. The van der Waals surface area contributed by atoms with E-state index in [0.29, 0.717) is 28.4 Å². The van der Waals surface area contributed by atoms with E-state index in [-0.39, 0.29) is 18.1 Å². The van der Waals surface area contributed by atoms with Gasteiger partial charge < -0.3 is 11.1 Å². The van der Waals surface area contributed by atoms with Crippen LogP contribution in [-0.2, 0) is 17.8 Å². The molecule has 1 heterocycles. The van der Waals surface area contributed by atoms with Crippen LogP contribution in [0.4, 0.5) is 4.39 Å². The Morgan fingerprint density at radius 3 is 2.73 bits per heavy atom. The maximum atomic E-state index is 13.3. The van der Waals surface area contributed by atoms with Crippen LogP contribution in [0.2, 0.25) is 0 Å². The summed E-state index contributed by atoms with van der Waals surface area (Å²) >= 11 is 1.36. The first kappa shape index (κ1) is 17.8. The van der Waals surface area contributed by atoms with E-state index >= 15 is 0 Å². The van der Waals surface area contributed by atoms with Crippen LogP contribution in [0.1, 0.15) is 21.6 Å². The number of nitrogens with zero attached hydrogens (tertiary/aromatic N) is 1. The van der Waals surface area contributed by atoms with Crippen LogP contribution < -0.4 is 11.1 Å². The Bertz CT molecular complexity index is 955. The molecule has 2 aromatic carbocycles. The molecule has 26 heavy (non-hydrogen) atoms. The monoisotopic (exact) mass is 369 g/mol. The zero-order valence-corrected chi connectivity index (χ0v) is 14.6. The Morgan fingerprint density at radius 1 is 1.15 bits per heavy atom. The van der Waals surface area contributed by atoms with E-state index in [1.807, 2.05) is 0 Å². The van der Waals surface area contributed by atoms with Gasteiger partial charge >= 0.3 is 0 Å². The largest absolute Gasteiger partial charge is 0.366 e. The summed E-state index contributed by atoms with van der Waals surface area (Å²) in [5, 5.41) is 5.24. The minimum absolute atomic E-state index is 0.126. The second-order valence-electron chi connectivity index (χ2n) is 5.67. The molecule has 0 radical (unpaired) electrons. The predicted octanol–water partition coefficient (Wildman–Crippen LogP) is 2.91. The van der Waals surface area contributed by atoms with Crippen LogP contribution in [0.15, 0.2) is 53.9 Å². The SMILES string of the molecule is NC(=O)c1cccc(CNC(=O)Cc2csc(-c3cccc(F)c3)n2)c1. The summed E-state index contributed by atoms with van der Waals surface area (Å²) in [5.74, 6) is -1.02. The molecule has 5 nitrogen and oxygen atoms in total. The van der Waals surface area contributed by atoms with Gasteiger partial charge in [0.2, 0.25) is 11.8 Å². The molecule has 2 amide bonds. The fourth-order valence-corrected chi connectivity index (χ4v) is 3.22. The lowest BCUT2D eigenvalue weighted by molar-refractivity contribution is -0.120. The molecule has 0 aliphatic rings.